The maximum Gasteiger partial charge on any atom is 0.416 e. The first-order chi connectivity index (χ1) is 16.3. The van der Waals surface area contributed by atoms with Crippen molar-refractivity contribution in [2.24, 2.45) is 5.92 Å². The van der Waals surface area contributed by atoms with Gasteiger partial charge >= 0.3 is 6.18 Å². The first-order valence-corrected chi connectivity index (χ1v) is 11.0. The molecule has 10 heteroatoms. The zero-order valence-electron chi connectivity index (χ0n) is 18.3. The Bertz CT molecular complexity index is 1090. The van der Waals surface area contributed by atoms with Crippen LogP contribution in [-0.4, -0.2) is 40.6 Å². The van der Waals surface area contributed by atoms with Crippen molar-refractivity contribution in [3.63, 3.8) is 0 Å². The van der Waals surface area contributed by atoms with Gasteiger partial charge in [0.25, 0.3) is 17.6 Å². The number of rotatable bonds is 7. The second kappa shape index (κ2) is 10.3. The third-order valence-corrected chi connectivity index (χ3v) is 5.95. The molecule has 1 N–H and O–H groups in total. The van der Waals surface area contributed by atoms with Crippen LogP contribution in [0.3, 0.4) is 0 Å². The molecule has 0 saturated carbocycles. The summed E-state index contributed by atoms with van der Waals surface area (Å²) in [5.74, 6) is -0.425. The summed E-state index contributed by atoms with van der Waals surface area (Å²) in [5, 5.41) is 6.41. The Morgan fingerprint density at radius 3 is 2.38 bits per heavy atom. The molecule has 1 amide bonds. The van der Waals surface area contributed by atoms with Gasteiger partial charge in [-0.15, -0.1) is 0 Å². The van der Waals surface area contributed by atoms with Crippen LogP contribution in [0.25, 0.3) is 11.5 Å². The Morgan fingerprint density at radius 2 is 1.74 bits per heavy atom. The van der Waals surface area contributed by atoms with Crippen molar-refractivity contribution in [2.45, 2.75) is 32.0 Å². The maximum atomic E-state index is 13.0. The number of likely N-dealkylation sites (tertiary alicyclic amines) is 1. The molecule has 34 heavy (non-hydrogen) atoms. The van der Waals surface area contributed by atoms with E-state index in [0.717, 1.165) is 56.6 Å². The van der Waals surface area contributed by atoms with E-state index in [4.69, 9.17) is 4.52 Å². The first-order valence-electron chi connectivity index (χ1n) is 11.0. The molecule has 0 radical (unpaired) electrons. The van der Waals surface area contributed by atoms with Crippen LogP contribution in [0.2, 0.25) is 0 Å². The maximum absolute atomic E-state index is 13.0. The molecule has 0 bridgehead atoms. The van der Waals surface area contributed by atoms with E-state index >= 15 is 0 Å². The highest BCUT2D eigenvalue weighted by Gasteiger charge is 2.30. The molecule has 4 rings (SSSR count). The fourth-order valence-corrected chi connectivity index (χ4v) is 3.98. The first kappa shape index (κ1) is 23.9. The minimum Gasteiger partial charge on any atom is -0.349 e. The second-order valence-corrected chi connectivity index (χ2v) is 8.39. The molecule has 180 valence electrons. The quantitative estimate of drug-likeness (QED) is 0.490. The Hall–Kier alpha value is -3.27. The number of alkyl halides is 3. The molecule has 1 aliphatic rings. The van der Waals surface area contributed by atoms with Crippen molar-refractivity contribution in [2.75, 3.05) is 19.6 Å². The molecule has 1 aromatic heterocycles. The van der Waals surface area contributed by atoms with Crippen molar-refractivity contribution >= 4 is 5.91 Å². The Labute approximate surface area is 194 Å². The number of hydrogen-bond donors (Lipinski definition) is 1. The number of hydrogen-bond acceptors (Lipinski definition) is 5. The zero-order chi connectivity index (χ0) is 24.1. The number of nitrogens with zero attached hydrogens (tertiary/aromatic N) is 3. The summed E-state index contributed by atoms with van der Waals surface area (Å²) >= 11 is 0. The molecule has 2 aromatic carbocycles. The van der Waals surface area contributed by atoms with E-state index in [2.05, 4.69) is 20.4 Å². The van der Waals surface area contributed by atoms with Gasteiger partial charge in [-0.1, -0.05) is 17.3 Å². The predicted octanol–water partition coefficient (Wildman–Crippen LogP) is 4.93. The van der Waals surface area contributed by atoms with E-state index in [1.54, 1.807) is 12.1 Å². The highest BCUT2D eigenvalue weighted by molar-refractivity contribution is 5.90. The zero-order valence-corrected chi connectivity index (χ0v) is 18.3. The van der Waals surface area contributed by atoms with E-state index in [-0.39, 0.29) is 17.5 Å². The summed E-state index contributed by atoms with van der Waals surface area (Å²) in [6.45, 7) is 3.14. The second-order valence-electron chi connectivity index (χ2n) is 8.39. The van der Waals surface area contributed by atoms with E-state index in [9.17, 15) is 22.4 Å². The van der Waals surface area contributed by atoms with Gasteiger partial charge in [-0.25, -0.2) is 4.39 Å². The van der Waals surface area contributed by atoms with Gasteiger partial charge in [0.05, 0.1) is 5.56 Å². The Kier molecular flexibility index (Phi) is 7.26. The van der Waals surface area contributed by atoms with E-state index in [1.165, 1.54) is 24.3 Å². The molecule has 0 unspecified atom stereocenters. The van der Waals surface area contributed by atoms with Crippen LogP contribution in [0.15, 0.2) is 53.1 Å². The lowest BCUT2D eigenvalue weighted by Crippen LogP contribution is -2.35. The molecule has 0 spiro atoms. The van der Waals surface area contributed by atoms with Gasteiger partial charge in [-0.2, -0.15) is 18.2 Å². The van der Waals surface area contributed by atoms with E-state index in [1.807, 2.05) is 0 Å². The Morgan fingerprint density at radius 1 is 1.06 bits per heavy atom. The summed E-state index contributed by atoms with van der Waals surface area (Å²) in [6, 6.07) is 10.8. The fourth-order valence-electron chi connectivity index (χ4n) is 3.98. The molecule has 1 fully saturated rings. The highest BCUT2D eigenvalue weighted by Crippen LogP contribution is 2.30. The van der Waals surface area contributed by atoms with Gasteiger partial charge in [0, 0.05) is 18.7 Å². The summed E-state index contributed by atoms with van der Waals surface area (Å²) < 4.78 is 56.1. The minimum atomic E-state index is -4.43. The number of halogens is 4. The third kappa shape index (κ3) is 6.19. The van der Waals surface area contributed by atoms with Crippen LogP contribution in [-0.2, 0) is 12.7 Å². The van der Waals surface area contributed by atoms with Crippen molar-refractivity contribution in [3.05, 3.63) is 71.3 Å². The number of nitrogens with one attached hydrogen (secondary N) is 1. The lowest BCUT2D eigenvalue weighted by Gasteiger charge is -2.32. The number of carbonyl (C=O) groups excluding carboxylic acids is 1. The number of aromatic nitrogens is 2. The SMILES string of the molecule is O=C(NCCC1CCN(Cc2ccc(F)cc2)CC1)c1noc(-c2ccc(C(F)(F)F)cc2)n1. The predicted molar refractivity (Wildman–Crippen MR) is 116 cm³/mol. The summed E-state index contributed by atoms with van der Waals surface area (Å²) in [5.41, 5.74) is 0.602. The molecule has 0 atom stereocenters. The average Bonchev–Trinajstić information content (AvgIpc) is 3.32. The number of carbonyl (C=O) groups is 1. The van der Waals surface area contributed by atoms with Crippen LogP contribution in [0.4, 0.5) is 17.6 Å². The molecular formula is C24H24F4N4O2. The number of amides is 1. The Balaban J connectivity index is 1.20. The van der Waals surface area contributed by atoms with Crippen molar-refractivity contribution in [3.8, 4) is 11.5 Å². The standard InChI is InChI=1S/C24H24F4N4O2/c25-20-7-1-17(2-8-20)15-32-13-10-16(11-14-32)9-12-29-22(33)21-30-23(34-31-21)18-3-5-19(6-4-18)24(26,27)28/h1-8,16H,9-15H2,(H,29,33). The van der Waals surface area contributed by atoms with Gasteiger partial charge in [-0.05, 0) is 80.2 Å². The topological polar surface area (TPSA) is 71.3 Å². The fraction of sp³-hybridized carbons (Fsp3) is 0.375. The molecule has 2 heterocycles. The van der Waals surface area contributed by atoms with Gasteiger partial charge in [0.1, 0.15) is 5.82 Å². The summed E-state index contributed by atoms with van der Waals surface area (Å²) in [7, 11) is 0. The van der Waals surface area contributed by atoms with E-state index < -0.39 is 17.6 Å². The van der Waals surface area contributed by atoms with Crippen LogP contribution < -0.4 is 5.32 Å². The molecule has 1 aliphatic heterocycles. The highest BCUT2D eigenvalue weighted by atomic mass is 19.4. The van der Waals surface area contributed by atoms with E-state index in [0.29, 0.717) is 18.0 Å². The van der Waals surface area contributed by atoms with Crippen LogP contribution in [0, 0.1) is 11.7 Å². The third-order valence-electron chi connectivity index (χ3n) is 5.95. The molecule has 1 saturated heterocycles. The van der Waals surface area contributed by atoms with Crippen LogP contribution in [0.1, 0.15) is 41.0 Å². The number of piperidine rings is 1. The molecule has 0 aliphatic carbocycles. The van der Waals surface area contributed by atoms with Crippen LogP contribution in [0.5, 0.6) is 0 Å². The van der Waals surface area contributed by atoms with Gasteiger partial charge in [0.2, 0.25) is 0 Å². The van der Waals surface area contributed by atoms with Gasteiger partial charge in [0.15, 0.2) is 0 Å². The van der Waals surface area contributed by atoms with Crippen molar-refractivity contribution < 1.29 is 26.9 Å². The smallest absolute Gasteiger partial charge is 0.349 e. The molecule has 3 aromatic rings. The lowest BCUT2D eigenvalue weighted by molar-refractivity contribution is -0.137. The largest absolute Gasteiger partial charge is 0.416 e. The van der Waals surface area contributed by atoms with Crippen LogP contribution >= 0.6 is 0 Å². The molecular weight excluding hydrogens is 452 g/mol. The van der Waals surface area contributed by atoms with Crippen molar-refractivity contribution in [1.29, 1.82) is 0 Å². The monoisotopic (exact) mass is 476 g/mol. The average molecular weight is 476 g/mol. The van der Waals surface area contributed by atoms with Crippen molar-refractivity contribution in [1.82, 2.24) is 20.4 Å². The minimum absolute atomic E-state index is 0.0209. The normalized spacial score (nSPS) is 15.4. The van der Waals surface area contributed by atoms with Gasteiger partial charge in [-0.3, -0.25) is 9.69 Å². The summed E-state index contributed by atoms with van der Waals surface area (Å²) in [6.07, 6.45) is -1.59. The molecule has 6 nitrogen and oxygen atoms in total. The number of benzene rings is 2. The summed E-state index contributed by atoms with van der Waals surface area (Å²) in [4.78, 5) is 18.6. The van der Waals surface area contributed by atoms with Gasteiger partial charge < -0.3 is 9.84 Å². The lowest BCUT2D eigenvalue weighted by atomic mass is 9.93.